The minimum Gasteiger partial charge on any atom is -0.330 e. The van der Waals surface area contributed by atoms with Crippen LogP contribution in [0, 0.1) is 23.5 Å². The Morgan fingerprint density at radius 3 is 2.37 bits per heavy atom. The maximum absolute atomic E-state index is 14.2. The Hall–Kier alpha value is -3.54. The molecule has 2 saturated carbocycles. The predicted molar refractivity (Wildman–Crippen MR) is 143 cm³/mol. The van der Waals surface area contributed by atoms with Crippen molar-refractivity contribution >= 4 is 17.5 Å². The van der Waals surface area contributed by atoms with Crippen LogP contribution in [0.2, 0.25) is 0 Å². The van der Waals surface area contributed by atoms with Crippen LogP contribution < -0.4 is 5.32 Å². The number of carbonyl (C=O) groups excluding carboxylic acids is 2. The van der Waals surface area contributed by atoms with Gasteiger partial charge in [0, 0.05) is 17.8 Å². The summed E-state index contributed by atoms with van der Waals surface area (Å²) in [6.45, 7) is 0.299. The highest BCUT2D eigenvalue weighted by atomic mass is 19.1. The van der Waals surface area contributed by atoms with E-state index < -0.39 is 17.5 Å². The van der Waals surface area contributed by atoms with Gasteiger partial charge in [-0.15, -0.1) is 0 Å². The number of hydrogen-bond donors (Lipinski definition) is 1. The third-order valence-electron chi connectivity index (χ3n) is 8.34. The van der Waals surface area contributed by atoms with Gasteiger partial charge >= 0.3 is 0 Å². The summed E-state index contributed by atoms with van der Waals surface area (Å²) in [5.74, 6) is -0.897. The Labute approximate surface area is 222 Å². The van der Waals surface area contributed by atoms with E-state index in [2.05, 4.69) is 17.4 Å². The lowest BCUT2D eigenvalue weighted by Gasteiger charge is -2.24. The molecule has 1 aliphatic heterocycles. The minimum atomic E-state index is -0.687. The molecule has 2 fully saturated rings. The van der Waals surface area contributed by atoms with Gasteiger partial charge < -0.3 is 10.2 Å². The van der Waals surface area contributed by atoms with E-state index in [1.807, 2.05) is 36.4 Å². The number of nitrogens with zero attached hydrogens (tertiary/aromatic N) is 1. The molecule has 4 nitrogen and oxygen atoms in total. The molecule has 6 rings (SSSR count). The number of anilines is 1. The van der Waals surface area contributed by atoms with Crippen LogP contribution in [0.1, 0.15) is 77.1 Å². The van der Waals surface area contributed by atoms with Crippen molar-refractivity contribution in [3.63, 3.8) is 0 Å². The first-order valence-corrected chi connectivity index (χ1v) is 13.7. The molecule has 0 spiro atoms. The van der Waals surface area contributed by atoms with Crippen LogP contribution >= 0.6 is 0 Å². The highest BCUT2D eigenvalue weighted by Gasteiger charge is 2.34. The standard InChI is InChI=1S/C32H32F2N2O2/c33-27-14-15-28(34)30-26(27)19-36(32(30)38)18-21-10-12-24(13-11-21)29(23-5-1-2-6-23)31(37)35-25-7-3-4-22(17-25)16-20-8-9-20/h3-4,7,10-15,17,20,23,29H,1-2,5-6,8-9,16,18-19H2,(H,35,37). The molecule has 6 heteroatoms. The first-order chi connectivity index (χ1) is 18.5. The number of benzene rings is 3. The molecular formula is C32H32F2N2O2. The van der Waals surface area contributed by atoms with Crippen LogP contribution in [-0.2, 0) is 24.3 Å². The van der Waals surface area contributed by atoms with Crippen LogP contribution in [0.15, 0.2) is 60.7 Å². The van der Waals surface area contributed by atoms with Gasteiger partial charge in [-0.05, 0) is 84.9 Å². The number of halogens is 2. The van der Waals surface area contributed by atoms with E-state index in [0.29, 0.717) is 0 Å². The zero-order chi connectivity index (χ0) is 26.2. The molecule has 1 N–H and O–H groups in total. The van der Waals surface area contributed by atoms with Crippen molar-refractivity contribution in [3.8, 4) is 0 Å². The maximum atomic E-state index is 14.2. The molecule has 0 aromatic heterocycles. The summed E-state index contributed by atoms with van der Waals surface area (Å²) in [5.41, 5.74) is 3.88. The van der Waals surface area contributed by atoms with E-state index in [1.165, 1.54) is 23.3 Å². The summed E-state index contributed by atoms with van der Waals surface area (Å²) in [7, 11) is 0. The molecule has 0 bridgehead atoms. The summed E-state index contributed by atoms with van der Waals surface area (Å²) >= 11 is 0. The van der Waals surface area contributed by atoms with Crippen molar-refractivity contribution in [3.05, 3.63) is 100 Å². The molecule has 3 aliphatic rings. The van der Waals surface area contributed by atoms with Gasteiger partial charge in [0.1, 0.15) is 11.6 Å². The normalized spacial score (nSPS) is 18.1. The van der Waals surface area contributed by atoms with E-state index in [4.69, 9.17) is 0 Å². The topological polar surface area (TPSA) is 49.4 Å². The quantitative estimate of drug-likeness (QED) is 0.352. The Morgan fingerprint density at radius 1 is 0.921 bits per heavy atom. The summed E-state index contributed by atoms with van der Waals surface area (Å²) < 4.78 is 28.4. The summed E-state index contributed by atoms with van der Waals surface area (Å²) in [6.07, 6.45) is 7.98. The average molecular weight is 515 g/mol. The lowest BCUT2D eigenvalue weighted by atomic mass is 9.83. The van der Waals surface area contributed by atoms with Crippen LogP contribution in [-0.4, -0.2) is 16.7 Å². The van der Waals surface area contributed by atoms with Gasteiger partial charge in [-0.1, -0.05) is 49.2 Å². The number of amides is 2. The largest absolute Gasteiger partial charge is 0.330 e. The zero-order valence-electron chi connectivity index (χ0n) is 21.4. The maximum Gasteiger partial charge on any atom is 0.257 e. The van der Waals surface area contributed by atoms with Crippen LogP contribution in [0.3, 0.4) is 0 Å². The summed E-state index contributed by atoms with van der Waals surface area (Å²) in [5, 5.41) is 3.19. The lowest BCUT2D eigenvalue weighted by Crippen LogP contribution is -2.27. The Morgan fingerprint density at radius 2 is 1.66 bits per heavy atom. The third-order valence-corrected chi connectivity index (χ3v) is 8.34. The first-order valence-electron chi connectivity index (χ1n) is 13.7. The fourth-order valence-electron chi connectivity index (χ4n) is 6.16. The monoisotopic (exact) mass is 514 g/mol. The lowest BCUT2D eigenvalue weighted by molar-refractivity contribution is -0.118. The van der Waals surface area contributed by atoms with Crippen molar-refractivity contribution in [2.75, 3.05) is 5.32 Å². The highest BCUT2D eigenvalue weighted by Crippen LogP contribution is 2.39. The van der Waals surface area contributed by atoms with E-state index in [1.54, 1.807) is 0 Å². The molecule has 3 aromatic rings. The Balaban J connectivity index is 1.17. The first kappa shape index (κ1) is 24.8. The molecule has 196 valence electrons. The molecule has 0 saturated heterocycles. The number of hydrogen-bond acceptors (Lipinski definition) is 2. The molecule has 1 heterocycles. The number of carbonyl (C=O) groups is 2. The van der Waals surface area contributed by atoms with Crippen molar-refractivity contribution in [2.45, 2.75) is 64.0 Å². The molecule has 38 heavy (non-hydrogen) atoms. The SMILES string of the molecule is O=C(Nc1cccc(CC2CC2)c1)C(c1ccc(CN2Cc3c(F)ccc(F)c3C2=O)cc1)C1CCCC1. The molecule has 0 radical (unpaired) electrons. The van der Waals surface area contributed by atoms with Crippen LogP contribution in [0.5, 0.6) is 0 Å². The highest BCUT2D eigenvalue weighted by molar-refractivity contribution is 5.98. The number of fused-ring (bicyclic) bond motifs is 1. The van der Waals surface area contributed by atoms with Crippen molar-refractivity contribution in [1.29, 1.82) is 0 Å². The van der Waals surface area contributed by atoms with Crippen LogP contribution in [0.25, 0.3) is 0 Å². The van der Waals surface area contributed by atoms with Gasteiger partial charge in [-0.25, -0.2) is 8.78 Å². The van der Waals surface area contributed by atoms with E-state index in [-0.39, 0.29) is 42.0 Å². The predicted octanol–water partition coefficient (Wildman–Crippen LogP) is 6.99. The molecule has 1 atom stereocenters. The van der Waals surface area contributed by atoms with Gasteiger partial charge in [0.2, 0.25) is 5.91 Å². The summed E-state index contributed by atoms with van der Waals surface area (Å²) in [4.78, 5) is 27.8. The van der Waals surface area contributed by atoms with Gasteiger partial charge in [0.15, 0.2) is 0 Å². The molecule has 2 aliphatic carbocycles. The van der Waals surface area contributed by atoms with Crippen molar-refractivity contribution in [1.82, 2.24) is 4.90 Å². The minimum absolute atomic E-state index is 0.0179. The molecule has 2 amide bonds. The smallest absolute Gasteiger partial charge is 0.257 e. The van der Waals surface area contributed by atoms with Gasteiger partial charge in [-0.2, -0.15) is 0 Å². The van der Waals surface area contributed by atoms with E-state index >= 15 is 0 Å². The number of nitrogens with one attached hydrogen (secondary N) is 1. The van der Waals surface area contributed by atoms with Gasteiger partial charge in [-0.3, -0.25) is 9.59 Å². The fraction of sp³-hybridized carbons (Fsp3) is 0.375. The second-order valence-electron chi connectivity index (χ2n) is 11.1. The van der Waals surface area contributed by atoms with Crippen molar-refractivity contribution in [2.24, 2.45) is 11.8 Å². The summed E-state index contributed by atoms with van der Waals surface area (Å²) in [6, 6.07) is 18.1. The Kier molecular flexibility index (Phi) is 6.73. The van der Waals surface area contributed by atoms with E-state index in [0.717, 1.165) is 67.0 Å². The molecule has 1 unspecified atom stereocenters. The molecule has 3 aromatic carbocycles. The van der Waals surface area contributed by atoms with Crippen molar-refractivity contribution < 1.29 is 18.4 Å². The van der Waals surface area contributed by atoms with E-state index in [9.17, 15) is 18.4 Å². The second kappa shape index (κ2) is 10.3. The third kappa shape index (κ3) is 5.09. The Bertz CT molecular complexity index is 1360. The average Bonchev–Trinajstić information content (AvgIpc) is 3.43. The molecular weight excluding hydrogens is 482 g/mol. The van der Waals surface area contributed by atoms with Crippen LogP contribution in [0.4, 0.5) is 14.5 Å². The number of rotatable bonds is 8. The fourth-order valence-corrected chi connectivity index (χ4v) is 6.16. The second-order valence-corrected chi connectivity index (χ2v) is 11.1. The zero-order valence-corrected chi connectivity index (χ0v) is 21.4. The van der Waals surface area contributed by atoms with Gasteiger partial charge in [0.25, 0.3) is 5.91 Å². The van der Waals surface area contributed by atoms with Gasteiger partial charge in [0.05, 0.1) is 18.0 Å².